The maximum atomic E-state index is 14.2. The molecule has 2 amide bonds. The molecule has 1 saturated carbocycles. The lowest BCUT2D eigenvalue weighted by molar-refractivity contribution is -0.132. The van der Waals surface area contributed by atoms with Gasteiger partial charge in [0, 0.05) is 25.0 Å². The van der Waals surface area contributed by atoms with E-state index in [-0.39, 0.29) is 35.3 Å². The summed E-state index contributed by atoms with van der Waals surface area (Å²) in [4.78, 5) is 25.6. The van der Waals surface area contributed by atoms with Gasteiger partial charge in [-0.05, 0) is 37.8 Å². The van der Waals surface area contributed by atoms with Crippen LogP contribution in [0.4, 0.5) is 4.39 Å². The Bertz CT molecular complexity index is 890. The molecule has 0 atom stereocenters. The van der Waals surface area contributed by atoms with Crippen LogP contribution in [0.1, 0.15) is 31.7 Å². The average Bonchev–Trinajstić information content (AvgIpc) is 3.46. The Balaban J connectivity index is 1.44. The molecule has 0 spiro atoms. The number of likely N-dealkylation sites (tertiary alicyclic amines) is 1. The molecule has 28 heavy (non-hydrogen) atoms. The van der Waals surface area contributed by atoms with Crippen molar-refractivity contribution in [3.8, 4) is 11.4 Å². The van der Waals surface area contributed by atoms with E-state index in [0.29, 0.717) is 42.5 Å². The Morgan fingerprint density at radius 3 is 2.50 bits per heavy atom. The van der Waals surface area contributed by atoms with Crippen LogP contribution in [0.2, 0.25) is 0 Å². The lowest BCUT2D eigenvalue weighted by Crippen LogP contribution is -2.42. The zero-order valence-electron chi connectivity index (χ0n) is 15.4. The number of benzene rings is 1. The van der Waals surface area contributed by atoms with Crippen molar-refractivity contribution in [3.63, 3.8) is 0 Å². The Morgan fingerprint density at radius 2 is 1.86 bits per heavy atom. The summed E-state index contributed by atoms with van der Waals surface area (Å²) in [5.41, 5.74) is 5.77. The SMILES string of the molecule is NC(=O)C1CCN(C(=O)CSc2nnc(-c3ccccc3F)n2C2CC2)CC1. The number of halogens is 1. The van der Waals surface area contributed by atoms with Gasteiger partial charge in [-0.25, -0.2) is 4.39 Å². The summed E-state index contributed by atoms with van der Waals surface area (Å²) in [5.74, 6) is -0.00781. The number of hydrogen-bond donors (Lipinski definition) is 1. The fourth-order valence-electron chi connectivity index (χ4n) is 3.49. The van der Waals surface area contributed by atoms with Crippen molar-refractivity contribution in [1.29, 1.82) is 0 Å². The van der Waals surface area contributed by atoms with Crippen molar-refractivity contribution in [1.82, 2.24) is 19.7 Å². The molecule has 0 bridgehead atoms. The van der Waals surface area contributed by atoms with Crippen LogP contribution in [-0.2, 0) is 9.59 Å². The molecule has 4 rings (SSSR count). The van der Waals surface area contributed by atoms with Gasteiger partial charge >= 0.3 is 0 Å². The summed E-state index contributed by atoms with van der Waals surface area (Å²) in [6.45, 7) is 1.09. The highest BCUT2D eigenvalue weighted by molar-refractivity contribution is 7.99. The summed E-state index contributed by atoms with van der Waals surface area (Å²) >= 11 is 1.33. The van der Waals surface area contributed by atoms with Crippen LogP contribution in [0.3, 0.4) is 0 Å². The van der Waals surface area contributed by atoms with Gasteiger partial charge in [-0.3, -0.25) is 14.2 Å². The second kappa shape index (κ2) is 7.90. The number of hydrogen-bond acceptors (Lipinski definition) is 5. The molecule has 2 heterocycles. The van der Waals surface area contributed by atoms with Crippen LogP contribution < -0.4 is 5.73 Å². The number of nitrogens with two attached hydrogens (primary N) is 1. The quantitative estimate of drug-likeness (QED) is 0.747. The van der Waals surface area contributed by atoms with Gasteiger partial charge < -0.3 is 10.6 Å². The van der Waals surface area contributed by atoms with Crippen LogP contribution in [0.15, 0.2) is 29.4 Å². The third kappa shape index (κ3) is 3.89. The summed E-state index contributed by atoms with van der Waals surface area (Å²) in [6, 6.07) is 6.78. The van der Waals surface area contributed by atoms with Gasteiger partial charge in [0.05, 0.1) is 11.3 Å². The first kappa shape index (κ1) is 18.9. The maximum absolute atomic E-state index is 14.2. The van der Waals surface area contributed by atoms with Gasteiger partial charge in [0.2, 0.25) is 11.8 Å². The largest absolute Gasteiger partial charge is 0.369 e. The van der Waals surface area contributed by atoms with E-state index in [9.17, 15) is 14.0 Å². The molecule has 0 radical (unpaired) electrons. The Morgan fingerprint density at radius 1 is 1.14 bits per heavy atom. The molecule has 2 aliphatic rings. The maximum Gasteiger partial charge on any atom is 0.233 e. The molecular weight excluding hydrogens is 381 g/mol. The van der Waals surface area contributed by atoms with Gasteiger partial charge in [-0.2, -0.15) is 0 Å². The van der Waals surface area contributed by atoms with E-state index in [1.54, 1.807) is 23.1 Å². The van der Waals surface area contributed by atoms with E-state index < -0.39 is 0 Å². The van der Waals surface area contributed by atoms with E-state index in [1.807, 2.05) is 4.57 Å². The molecule has 0 unspecified atom stereocenters. The third-order valence-corrected chi connectivity index (χ3v) is 6.19. The Labute approximate surface area is 166 Å². The zero-order valence-corrected chi connectivity index (χ0v) is 16.2. The Kier molecular flexibility index (Phi) is 5.34. The van der Waals surface area contributed by atoms with Crippen molar-refractivity contribution < 1.29 is 14.0 Å². The number of carbonyl (C=O) groups is 2. The standard InChI is InChI=1S/C19H22FN5O2S/c20-15-4-2-1-3-14(15)18-22-23-19(25(18)13-5-6-13)28-11-16(26)24-9-7-12(8-10-24)17(21)27/h1-4,12-13H,5-11H2,(H2,21,27). The van der Waals surface area contributed by atoms with Gasteiger partial charge in [-0.15, -0.1) is 10.2 Å². The molecule has 1 aliphatic carbocycles. The molecule has 1 aliphatic heterocycles. The smallest absolute Gasteiger partial charge is 0.233 e. The fraction of sp³-hybridized carbons (Fsp3) is 0.474. The molecular formula is C19H22FN5O2S. The minimum Gasteiger partial charge on any atom is -0.369 e. The Hall–Kier alpha value is -2.42. The molecule has 1 aromatic carbocycles. The van der Waals surface area contributed by atoms with E-state index >= 15 is 0 Å². The van der Waals surface area contributed by atoms with Gasteiger partial charge in [0.25, 0.3) is 0 Å². The minimum absolute atomic E-state index is 0.00529. The van der Waals surface area contributed by atoms with Gasteiger partial charge in [-0.1, -0.05) is 23.9 Å². The summed E-state index contributed by atoms with van der Waals surface area (Å²) in [7, 11) is 0. The first-order valence-electron chi connectivity index (χ1n) is 9.44. The molecule has 148 valence electrons. The molecule has 2 fully saturated rings. The predicted octanol–water partition coefficient (Wildman–Crippen LogP) is 2.24. The number of nitrogens with zero attached hydrogens (tertiary/aromatic N) is 4. The summed E-state index contributed by atoms with van der Waals surface area (Å²) in [6.07, 6.45) is 3.23. The second-order valence-electron chi connectivity index (χ2n) is 7.23. The predicted molar refractivity (Wildman–Crippen MR) is 103 cm³/mol. The van der Waals surface area contributed by atoms with Crippen LogP contribution in [0, 0.1) is 11.7 Å². The first-order valence-corrected chi connectivity index (χ1v) is 10.4. The minimum atomic E-state index is -0.332. The lowest BCUT2D eigenvalue weighted by Gasteiger charge is -2.30. The van der Waals surface area contributed by atoms with Crippen molar-refractivity contribution in [2.75, 3.05) is 18.8 Å². The highest BCUT2D eigenvalue weighted by Gasteiger charge is 2.32. The number of aromatic nitrogens is 3. The highest BCUT2D eigenvalue weighted by atomic mass is 32.2. The van der Waals surface area contributed by atoms with E-state index in [2.05, 4.69) is 10.2 Å². The number of piperidine rings is 1. The lowest BCUT2D eigenvalue weighted by atomic mass is 9.96. The topological polar surface area (TPSA) is 94.1 Å². The molecule has 2 aromatic rings. The molecule has 1 aromatic heterocycles. The van der Waals surface area contributed by atoms with Crippen molar-refractivity contribution >= 4 is 23.6 Å². The van der Waals surface area contributed by atoms with Crippen molar-refractivity contribution in [3.05, 3.63) is 30.1 Å². The molecule has 1 saturated heterocycles. The monoisotopic (exact) mass is 403 g/mol. The number of amides is 2. The molecule has 9 heteroatoms. The summed E-state index contributed by atoms with van der Waals surface area (Å²) in [5, 5.41) is 9.07. The number of rotatable bonds is 6. The average molecular weight is 403 g/mol. The van der Waals surface area contributed by atoms with Crippen LogP contribution in [-0.4, -0.2) is 50.3 Å². The van der Waals surface area contributed by atoms with Crippen LogP contribution in [0.5, 0.6) is 0 Å². The fourth-order valence-corrected chi connectivity index (χ4v) is 4.40. The van der Waals surface area contributed by atoms with Gasteiger partial charge in [0.1, 0.15) is 5.82 Å². The highest BCUT2D eigenvalue weighted by Crippen LogP contribution is 2.41. The van der Waals surface area contributed by atoms with Crippen LogP contribution in [0.25, 0.3) is 11.4 Å². The number of thioether (sulfide) groups is 1. The van der Waals surface area contributed by atoms with E-state index in [4.69, 9.17) is 5.73 Å². The number of primary amides is 1. The van der Waals surface area contributed by atoms with Gasteiger partial charge in [0.15, 0.2) is 11.0 Å². The normalized spacial score (nSPS) is 17.7. The first-order chi connectivity index (χ1) is 13.5. The van der Waals surface area contributed by atoms with Crippen LogP contribution >= 0.6 is 11.8 Å². The molecule has 2 N–H and O–H groups in total. The van der Waals surface area contributed by atoms with Crippen molar-refractivity contribution in [2.24, 2.45) is 11.7 Å². The molecule has 7 nitrogen and oxygen atoms in total. The zero-order chi connectivity index (χ0) is 19.7. The summed E-state index contributed by atoms with van der Waals surface area (Å²) < 4.78 is 16.2. The second-order valence-corrected chi connectivity index (χ2v) is 8.18. The number of carbonyl (C=O) groups excluding carboxylic acids is 2. The van der Waals surface area contributed by atoms with Crippen molar-refractivity contribution in [2.45, 2.75) is 36.9 Å². The third-order valence-electron chi connectivity index (χ3n) is 5.27. The van der Waals surface area contributed by atoms with E-state index in [0.717, 1.165) is 12.8 Å². The van der Waals surface area contributed by atoms with E-state index in [1.165, 1.54) is 17.8 Å².